The third kappa shape index (κ3) is 4.45. The molecule has 0 saturated heterocycles. The lowest BCUT2D eigenvalue weighted by molar-refractivity contribution is -0.274. The molecule has 1 aromatic carbocycles. The van der Waals surface area contributed by atoms with Gasteiger partial charge in [-0.1, -0.05) is 0 Å². The highest BCUT2D eigenvalue weighted by Gasteiger charge is 2.31. The molecule has 92 valence electrons. The molecule has 1 rings (SSSR count). The number of phenolic OH excluding ortho intramolecular Hbond substituents is 1. The van der Waals surface area contributed by atoms with Crippen molar-refractivity contribution < 1.29 is 32.9 Å². The quantitative estimate of drug-likeness (QED) is 0.806. The lowest BCUT2D eigenvalue weighted by Gasteiger charge is -2.09. The number of alkyl halides is 3. The van der Waals surface area contributed by atoms with Gasteiger partial charge in [0, 0.05) is 11.6 Å². The second-order valence-corrected chi connectivity index (χ2v) is 2.94. The van der Waals surface area contributed by atoms with Gasteiger partial charge in [0.2, 0.25) is 0 Å². The molecule has 1 aromatic rings. The van der Waals surface area contributed by atoms with Gasteiger partial charge in [-0.25, -0.2) is 4.79 Å². The zero-order valence-electron chi connectivity index (χ0n) is 8.23. The summed E-state index contributed by atoms with van der Waals surface area (Å²) in [6.45, 7) is 0. The Morgan fingerprint density at radius 1 is 1.35 bits per heavy atom. The van der Waals surface area contributed by atoms with E-state index in [9.17, 15) is 23.1 Å². The standard InChI is InChI=1S/C10H7F3O4/c11-10(12,13)17-7-2-3-8(14)6(5-7)1-4-9(15)16/h1-5,14H,(H,15,16). The molecule has 2 N–H and O–H groups in total. The summed E-state index contributed by atoms with van der Waals surface area (Å²) in [6.07, 6.45) is -3.20. The highest BCUT2D eigenvalue weighted by Crippen LogP contribution is 2.28. The number of ether oxygens (including phenoxy) is 1. The molecule has 0 radical (unpaired) electrons. The molecule has 0 heterocycles. The largest absolute Gasteiger partial charge is 0.573 e. The van der Waals surface area contributed by atoms with Gasteiger partial charge >= 0.3 is 12.3 Å². The van der Waals surface area contributed by atoms with Gasteiger partial charge in [0.05, 0.1) is 0 Å². The Bertz CT molecular complexity index is 451. The van der Waals surface area contributed by atoms with E-state index in [1.807, 2.05) is 0 Å². The summed E-state index contributed by atoms with van der Waals surface area (Å²) >= 11 is 0. The van der Waals surface area contributed by atoms with Gasteiger partial charge in [0.15, 0.2) is 0 Å². The molecule has 4 nitrogen and oxygen atoms in total. The summed E-state index contributed by atoms with van der Waals surface area (Å²) in [4.78, 5) is 10.2. The molecule has 0 spiro atoms. The van der Waals surface area contributed by atoms with Gasteiger partial charge in [-0.3, -0.25) is 0 Å². The normalized spacial score (nSPS) is 11.7. The second-order valence-electron chi connectivity index (χ2n) is 2.94. The Morgan fingerprint density at radius 3 is 2.53 bits per heavy atom. The number of carboxylic acids is 1. The van der Waals surface area contributed by atoms with Crippen LogP contribution in [0.4, 0.5) is 13.2 Å². The van der Waals surface area contributed by atoms with E-state index in [2.05, 4.69) is 4.74 Å². The summed E-state index contributed by atoms with van der Waals surface area (Å²) in [5.41, 5.74) is -0.0887. The van der Waals surface area contributed by atoms with Crippen molar-refractivity contribution >= 4 is 12.0 Å². The molecule has 0 amide bonds. The van der Waals surface area contributed by atoms with Crippen molar-refractivity contribution in [3.63, 3.8) is 0 Å². The van der Waals surface area contributed by atoms with Crippen molar-refractivity contribution in [2.24, 2.45) is 0 Å². The number of carboxylic acid groups (broad SMARTS) is 1. The number of rotatable bonds is 3. The van der Waals surface area contributed by atoms with Crippen LogP contribution in [0.2, 0.25) is 0 Å². The van der Waals surface area contributed by atoms with Crippen LogP contribution in [-0.2, 0) is 4.79 Å². The van der Waals surface area contributed by atoms with Crippen LogP contribution in [0.1, 0.15) is 5.56 Å². The Kier molecular flexibility index (Phi) is 3.62. The number of carbonyl (C=O) groups is 1. The summed E-state index contributed by atoms with van der Waals surface area (Å²) < 4.78 is 39.3. The Labute approximate surface area is 93.6 Å². The summed E-state index contributed by atoms with van der Waals surface area (Å²) in [5.74, 6) is -2.18. The molecule has 0 bridgehead atoms. The van der Waals surface area contributed by atoms with Crippen molar-refractivity contribution in [3.05, 3.63) is 29.8 Å². The number of halogens is 3. The fourth-order valence-electron chi connectivity index (χ4n) is 1.02. The van der Waals surface area contributed by atoms with Gasteiger partial charge in [0.25, 0.3) is 0 Å². The maximum atomic E-state index is 11.9. The van der Waals surface area contributed by atoms with Gasteiger partial charge in [-0.05, 0) is 24.3 Å². The Morgan fingerprint density at radius 2 is 2.00 bits per heavy atom. The first-order valence-corrected chi connectivity index (χ1v) is 4.28. The molecular weight excluding hydrogens is 241 g/mol. The smallest absolute Gasteiger partial charge is 0.507 e. The number of benzene rings is 1. The van der Waals surface area contributed by atoms with Gasteiger partial charge in [-0.2, -0.15) is 0 Å². The molecule has 7 heteroatoms. The number of aromatic hydroxyl groups is 1. The van der Waals surface area contributed by atoms with E-state index < -0.39 is 18.1 Å². The SMILES string of the molecule is O=C(O)C=Cc1cc(OC(F)(F)F)ccc1O. The molecule has 17 heavy (non-hydrogen) atoms. The number of hydrogen-bond donors (Lipinski definition) is 2. The molecule has 0 saturated carbocycles. The van der Waals surface area contributed by atoms with Crippen LogP contribution in [0, 0.1) is 0 Å². The average molecular weight is 248 g/mol. The minimum absolute atomic E-state index is 0.0887. The summed E-state index contributed by atoms with van der Waals surface area (Å²) in [7, 11) is 0. The van der Waals surface area contributed by atoms with E-state index in [4.69, 9.17) is 5.11 Å². The first-order chi connectivity index (χ1) is 7.78. The van der Waals surface area contributed by atoms with E-state index in [0.29, 0.717) is 6.08 Å². The predicted octanol–water partition coefficient (Wildman–Crippen LogP) is 2.39. The van der Waals surface area contributed by atoms with Crippen molar-refractivity contribution in [2.45, 2.75) is 6.36 Å². The maximum absolute atomic E-state index is 11.9. The average Bonchev–Trinajstić information content (AvgIpc) is 2.16. The Hall–Kier alpha value is -2.18. The minimum atomic E-state index is -4.84. The van der Waals surface area contributed by atoms with Crippen LogP contribution in [-0.4, -0.2) is 22.5 Å². The zero-order valence-corrected chi connectivity index (χ0v) is 8.23. The minimum Gasteiger partial charge on any atom is -0.507 e. The van der Waals surface area contributed by atoms with Crippen LogP contribution in [0.25, 0.3) is 6.08 Å². The first-order valence-electron chi connectivity index (χ1n) is 4.28. The van der Waals surface area contributed by atoms with E-state index in [0.717, 1.165) is 24.3 Å². The van der Waals surface area contributed by atoms with E-state index in [1.165, 1.54) is 0 Å². The predicted molar refractivity (Wildman–Crippen MR) is 51.5 cm³/mol. The van der Waals surface area contributed by atoms with Crippen LogP contribution in [0.15, 0.2) is 24.3 Å². The van der Waals surface area contributed by atoms with Crippen molar-refractivity contribution in [1.29, 1.82) is 0 Å². The molecule has 0 atom stereocenters. The zero-order chi connectivity index (χ0) is 13.1. The number of hydrogen-bond acceptors (Lipinski definition) is 3. The van der Waals surface area contributed by atoms with Crippen molar-refractivity contribution in [3.8, 4) is 11.5 Å². The number of aliphatic carboxylic acids is 1. The monoisotopic (exact) mass is 248 g/mol. The van der Waals surface area contributed by atoms with Crippen LogP contribution >= 0.6 is 0 Å². The molecular formula is C10H7F3O4. The summed E-state index contributed by atoms with van der Waals surface area (Å²) in [5, 5.41) is 17.6. The Balaban J connectivity index is 2.98. The lowest BCUT2D eigenvalue weighted by Crippen LogP contribution is -2.17. The van der Waals surface area contributed by atoms with Crippen molar-refractivity contribution in [2.75, 3.05) is 0 Å². The highest BCUT2D eigenvalue weighted by atomic mass is 19.4. The van der Waals surface area contributed by atoms with E-state index >= 15 is 0 Å². The van der Waals surface area contributed by atoms with Gasteiger partial charge in [0.1, 0.15) is 11.5 Å². The number of phenols is 1. The lowest BCUT2D eigenvalue weighted by atomic mass is 10.2. The van der Waals surface area contributed by atoms with Crippen LogP contribution in [0.5, 0.6) is 11.5 Å². The topological polar surface area (TPSA) is 66.8 Å². The maximum Gasteiger partial charge on any atom is 0.573 e. The van der Waals surface area contributed by atoms with E-state index in [1.54, 1.807) is 0 Å². The van der Waals surface area contributed by atoms with Gasteiger partial charge in [-0.15, -0.1) is 13.2 Å². The van der Waals surface area contributed by atoms with Gasteiger partial charge < -0.3 is 14.9 Å². The first kappa shape index (κ1) is 12.9. The molecule has 0 aliphatic rings. The molecule has 0 fully saturated rings. The summed E-state index contributed by atoms with van der Waals surface area (Å²) in [6, 6.07) is 2.77. The fraction of sp³-hybridized carbons (Fsp3) is 0.100. The van der Waals surface area contributed by atoms with Crippen LogP contribution in [0.3, 0.4) is 0 Å². The fourth-order valence-corrected chi connectivity index (χ4v) is 1.02. The molecule has 0 aromatic heterocycles. The molecule has 0 aliphatic heterocycles. The highest BCUT2D eigenvalue weighted by molar-refractivity contribution is 5.86. The third-order valence-electron chi connectivity index (χ3n) is 1.64. The second kappa shape index (κ2) is 4.77. The third-order valence-corrected chi connectivity index (χ3v) is 1.64. The molecule has 0 unspecified atom stereocenters. The van der Waals surface area contributed by atoms with E-state index in [-0.39, 0.29) is 11.3 Å². The van der Waals surface area contributed by atoms with Crippen molar-refractivity contribution in [1.82, 2.24) is 0 Å². The molecule has 0 aliphatic carbocycles. The van der Waals surface area contributed by atoms with Crippen LogP contribution < -0.4 is 4.74 Å².